The van der Waals surface area contributed by atoms with Crippen molar-refractivity contribution in [3.05, 3.63) is 41.4 Å². The topological polar surface area (TPSA) is 74.3 Å². The van der Waals surface area contributed by atoms with Gasteiger partial charge in [-0.2, -0.15) is 0 Å². The van der Waals surface area contributed by atoms with Crippen LogP contribution >= 0.6 is 11.3 Å². The van der Waals surface area contributed by atoms with Gasteiger partial charge in [0, 0.05) is 30.6 Å². The summed E-state index contributed by atoms with van der Waals surface area (Å²) in [4.78, 5) is 30.5. The molecule has 0 radical (unpaired) electrons. The maximum absolute atomic E-state index is 12.2. The minimum absolute atomic E-state index is 0.198. The van der Waals surface area contributed by atoms with Crippen LogP contribution in [0.2, 0.25) is 0 Å². The zero-order valence-corrected chi connectivity index (χ0v) is 14.8. The smallest absolute Gasteiger partial charge is 0.325 e. The predicted octanol–water partition coefficient (Wildman–Crippen LogP) is 3.73. The summed E-state index contributed by atoms with van der Waals surface area (Å²) in [7, 11) is 0. The number of hydrogen-bond acceptors (Lipinski definition) is 4. The Morgan fingerprint density at radius 3 is 2.60 bits per heavy atom. The van der Waals surface area contributed by atoms with E-state index in [1.807, 2.05) is 40.6 Å². The number of aryl methyl sites for hydroxylation is 1. The van der Waals surface area contributed by atoms with Crippen molar-refractivity contribution in [3.8, 4) is 0 Å². The summed E-state index contributed by atoms with van der Waals surface area (Å²) < 4.78 is 0. The van der Waals surface area contributed by atoms with Crippen LogP contribution in [-0.4, -0.2) is 34.9 Å². The van der Waals surface area contributed by atoms with E-state index in [0.717, 1.165) is 37.3 Å². The number of piperidine rings is 1. The second-order valence-corrected chi connectivity index (χ2v) is 6.89. The number of aromatic nitrogens is 1. The van der Waals surface area contributed by atoms with E-state index >= 15 is 0 Å². The quantitative estimate of drug-likeness (QED) is 0.855. The average molecular weight is 358 g/mol. The van der Waals surface area contributed by atoms with Crippen LogP contribution < -0.4 is 10.6 Å². The third kappa shape index (κ3) is 5.29. The molecule has 7 heteroatoms. The van der Waals surface area contributed by atoms with E-state index in [1.54, 1.807) is 0 Å². The fraction of sp³-hybridized carbons (Fsp3) is 0.389. The first-order valence-electron chi connectivity index (χ1n) is 8.56. The fourth-order valence-corrected chi connectivity index (χ4v) is 3.54. The summed E-state index contributed by atoms with van der Waals surface area (Å²) in [6, 6.07) is 8.92. The van der Waals surface area contributed by atoms with Crippen molar-refractivity contribution in [1.29, 1.82) is 0 Å². The van der Waals surface area contributed by atoms with Gasteiger partial charge in [-0.3, -0.25) is 10.1 Å². The SMILES string of the molecule is O=C(Nc1ccccc1)Nc1nc(CCC(=O)N2CCCCC2)cs1. The van der Waals surface area contributed by atoms with Crippen LogP contribution in [0.15, 0.2) is 35.7 Å². The lowest BCUT2D eigenvalue weighted by atomic mass is 10.1. The molecule has 1 saturated heterocycles. The van der Waals surface area contributed by atoms with Gasteiger partial charge in [0.25, 0.3) is 0 Å². The minimum atomic E-state index is -0.323. The number of nitrogens with one attached hydrogen (secondary N) is 2. The molecular formula is C18H22N4O2S. The summed E-state index contributed by atoms with van der Waals surface area (Å²) in [5.74, 6) is 0.198. The van der Waals surface area contributed by atoms with Crippen LogP contribution in [0.25, 0.3) is 0 Å². The third-order valence-electron chi connectivity index (χ3n) is 4.11. The molecule has 1 aliphatic rings. The second kappa shape index (κ2) is 8.62. The number of urea groups is 1. The lowest BCUT2D eigenvalue weighted by molar-refractivity contribution is -0.132. The molecule has 0 saturated carbocycles. The number of carbonyl (C=O) groups is 2. The maximum atomic E-state index is 12.2. The zero-order chi connectivity index (χ0) is 17.5. The Kier molecular flexibility index (Phi) is 6.00. The molecule has 0 unspecified atom stereocenters. The average Bonchev–Trinajstić information content (AvgIpc) is 3.08. The first-order chi connectivity index (χ1) is 12.2. The second-order valence-electron chi connectivity index (χ2n) is 6.03. The summed E-state index contributed by atoms with van der Waals surface area (Å²) >= 11 is 1.37. The van der Waals surface area contributed by atoms with Gasteiger partial charge in [-0.25, -0.2) is 9.78 Å². The highest BCUT2D eigenvalue weighted by atomic mass is 32.1. The molecule has 2 heterocycles. The fourth-order valence-electron chi connectivity index (χ4n) is 2.80. The Morgan fingerprint density at radius 2 is 1.84 bits per heavy atom. The van der Waals surface area contributed by atoms with Crippen molar-refractivity contribution in [3.63, 3.8) is 0 Å². The Balaban J connectivity index is 1.45. The normalized spacial score (nSPS) is 14.2. The molecule has 3 amide bonds. The largest absolute Gasteiger partial charge is 0.343 e. The van der Waals surface area contributed by atoms with E-state index in [0.29, 0.717) is 18.0 Å². The molecule has 1 fully saturated rings. The first kappa shape index (κ1) is 17.4. The molecule has 1 aromatic heterocycles. The Morgan fingerprint density at radius 1 is 1.08 bits per heavy atom. The van der Waals surface area contributed by atoms with Crippen LogP contribution in [-0.2, 0) is 11.2 Å². The number of benzene rings is 1. The monoisotopic (exact) mass is 358 g/mol. The van der Waals surface area contributed by atoms with Crippen molar-refractivity contribution in [2.24, 2.45) is 0 Å². The van der Waals surface area contributed by atoms with E-state index in [-0.39, 0.29) is 11.9 Å². The Bertz CT molecular complexity index is 711. The highest BCUT2D eigenvalue weighted by molar-refractivity contribution is 7.13. The number of likely N-dealkylation sites (tertiary alicyclic amines) is 1. The number of carbonyl (C=O) groups excluding carboxylic acids is 2. The highest BCUT2D eigenvalue weighted by Crippen LogP contribution is 2.18. The van der Waals surface area contributed by atoms with E-state index in [1.165, 1.54) is 17.8 Å². The van der Waals surface area contributed by atoms with Gasteiger partial charge in [0.05, 0.1) is 5.69 Å². The number of amides is 3. The lowest BCUT2D eigenvalue weighted by Crippen LogP contribution is -2.35. The van der Waals surface area contributed by atoms with Gasteiger partial charge in [-0.15, -0.1) is 11.3 Å². The summed E-state index contributed by atoms with van der Waals surface area (Å²) in [5.41, 5.74) is 1.56. The predicted molar refractivity (Wildman–Crippen MR) is 99.9 cm³/mol. The number of para-hydroxylation sites is 1. The molecule has 2 aromatic rings. The molecule has 2 N–H and O–H groups in total. The van der Waals surface area contributed by atoms with Crippen molar-refractivity contribution in [1.82, 2.24) is 9.88 Å². The van der Waals surface area contributed by atoms with E-state index in [9.17, 15) is 9.59 Å². The van der Waals surface area contributed by atoms with E-state index in [4.69, 9.17) is 0 Å². The molecule has 0 bridgehead atoms. The molecule has 1 aromatic carbocycles. The number of thiazole rings is 1. The van der Waals surface area contributed by atoms with Crippen LogP contribution in [0.4, 0.5) is 15.6 Å². The standard InChI is InChI=1S/C18H22N4O2S/c23-16(22-11-5-2-6-12-22)10-9-15-13-25-18(20-15)21-17(24)19-14-7-3-1-4-8-14/h1,3-4,7-8,13H,2,5-6,9-12H2,(H2,19,20,21,24). The Hall–Kier alpha value is -2.41. The Labute approximate surface area is 151 Å². The maximum Gasteiger partial charge on any atom is 0.325 e. The van der Waals surface area contributed by atoms with Crippen LogP contribution in [0.1, 0.15) is 31.4 Å². The van der Waals surface area contributed by atoms with Gasteiger partial charge >= 0.3 is 6.03 Å². The van der Waals surface area contributed by atoms with Crippen LogP contribution in [0.3, 0.4) is 0 Å². The molecule has 0 atom stereocenters. The number of nitrogens with zero attached hydrogens (tertiary/aromatic N) is 2. The summed E-state index contributed by atoms with van der Waals surface area (Å²) in [6.07, 6.45) is 4.50. The third-order valence-corrected chi connectivity index (χ3v) is 4.91. The van der Waals surface area contributed by atoms with Crippen molar-refractivity contribution in [2.45, 2.75) is 32.1 Å². The van der Waals surface area contributed by atoms with E-state index < -0.39 is 0 Å². The lowest BCUT2D eigenvalue weighted by Gasteiger charge is -2.26. The van der Waals surface area contributed by atoms with Gasteiger partial charge in [0.15, 0.2) is 5.13 Å². The first-order valence-corrected chi connectivity index (χ1v) is 9.44. The molecule has 132 valence electrons. The molecule has 0 aliphatic carbocycles. The highest BCUT2D eigenvalue weighted by Gasteiger charge is 2.16. The number of hydrogen-bond donors (Lipinski definition) is 2. The molecular weight excluding hydrogens is 336 g/mol. The summed E-state index contributed by atoms with van der Waals surface area (Å²) in [6.45, 7) is 1.75. The van der Waals surface area contributed by atoms with Gasteiger partial charge in [-0.05, 0) is 37.8 Å². The van der Waals surface area contributed by atoms with Crippen molar-refractivity contribution < 1.29 is 9.59 Å². The number of anilines is 2. The molecule has 25 heavy (non-hydrogen) atoms. The number of rotatable bonds is 5. The van der Waals surface area contributed by atoms with Gasteiger partial charge in [-0.1, -0.05) is 18.2 Å². The molecule has 3 rings (SSSR count). The van der Waals surface area contributed by atoms with Gasteiger partial charge in [0.1, 0.15) is 0 Å². The van der Waals surface area contributed by atoms with Gasteiger partial charge in [0.2, 0.25) is 5.91 Å². The minimum Gasteiger partial charge on any atom is -0.343 e. The van der Waals surface area contributed by atoms with E-state index in [2.05, 4.69) is 15.6 Å². The molecule has 1 aliphatic heterocycles. The van der Waals surface area contributed by atoms with Gasteiger partial charge < -0.3 is 10.2 Å². The molecule has 0 spiro atoms. The van der Waals surface area contributed by atoms with Crippen LogP contribution in [0, 0.1) is 0 Å². The summed E-state index contributed by atoms with van der Waals surface area (Å²) in [5, 5.41) is 7.90. The van der Waals surface area contributed by atoms with Crippen molar-refractivity contribution >= 4 is 34.1 Å². The zero-order valence-electron chi connectivity index (χ0n) is 14.0. The van der Waals surface area contributed by atoms with Crippen molar-refractivity contribution in [2.75, 3.05) is 23.7 Å². The van der Waals surface area contributed by atoms with Crippen LogP contribution in [0.5, 0.6) is 0 Å². The molecule has 6 nitrogen and oxygen atoms in total.